The smallest absolute Gasteiger partial charge is 0.230 e. The predicted octanol–water partition coefficient (Wildman–Crippen LogP) is 2.17. The summed E-state index contributed by atoms with van der Waals surface area (Å²) in [5.74, 6) is 0.841. The van der Waals surface area contributed by atoms with Crippen molar-refractivity contribution in [3.05, 3.63) is 29.8 Å². The summed E-state index contributed by atoms with van der Waals surface area (Å²) in [6.45, 7) is 5.33. The number of aliphatic hydroxyl groups is 1. The van der Waals surface area contributed by atoms with Crippen LogP contribution >= 0.6 is 0 Å². The van der Waals surface area contributed by atoms with Crippen LogP contribution in [0.3, 0.4) is 0 Å². The van der Waals surface area contributed by atoms with E-state index in [-0.39, 0.29) is 24.5 Å². The maximum absolute atomic E-state index is 12.8. The van der Waals surface area contributed by atoms with E-state index in [4.69, 9.17) is 9.84 Å². The van der Waals surface area contributed by atoms with Gasteiger partial charge >= 0.3 is 0 Å². The number of hydrogen-bond donors (Lipinski definition) is 1. The summed E-state index contributed by atoms with van der Waals surface area (Å²) in [5.41, 5.74) is 0.985. The Kier molecular flexibility index (Phi) is 5.01. The number of carbonyl (C=O) groups is 1. The van der Waals surface area contributed by atoms with Gasteiger partial charge in [0.05, 0.1) is 12.5 Å². The SMILES string of the molecule is CC(C)N(CCCO)C(=O)C1CCOc2ccccc21. The van der Waals surface area contributed by atoms with Crippen molar-refractivity contribution in [1.29, 1.82) is 0 Å². The topological polar surface area (TPSA) is 49.8 Å². The molecule has 0 saturated heterocycles. The zero-order valence-corrected chi connectivity index (χ0v) is 12.2. The van der Waals surface area contributed by atoms with Crippen LogP contribution in [0.2, 0.25) is 0 Å². The molecule has 1 amide bonds. The summed E-state index contributed by atoms with van der Waals surface area (Å²) in [6.07, 6.45) is 1.34. The van der Waals surface area contributed by atoms with Crippen molar-refractivity contribution in [3.8, 4) is 5.75 Å². The minimum atomic E-state index is -0.124. The van der Waals surface area contributed by atoms with Gasteiger partial charge in [-0.3, -0.25) is 4.79 Å². The molecule has 20 heavy (non-hydrogen) atoms. The van der Waals surface area contributed by atoms with Crippen LogP contribution in [0.25, 0.3) is 0 Å². The molecule has 0 aromatic heterocycles. The third kappa shape index (κ3) is 3.12. The molecule has 0 saturated carbocycles. The number of hydrogen-bond acceptors (Lipinski definition) is 3. The van der Waals surface area contributed by atoms with Gasteiger partial charge in [0.15, 0.2) is 0 Å². The number of para-hydroxylation sites is 1. The molecule has 2 rings (SSSR count). The van der Waals surface area contributed by atoms with E-state index < -0.39 is 0 Å². The van der Waals surface area contributed by atoms with Crippen LogP contribution in [0.1, 0.15) is 38.2 Å². The maximum atomic E-state index is 12.8. The molecule has 0 fully saturated rings. The highest BCUT2D eigenvalue weighted by Crippen LogP contribution is 2.34. The van der Waals surface area contributed by atoms with Crippen molar-refractivity contribution in [2.45, 2.75) is 38.6 Å². The number of carbonyl (C=O) groups excluding carboxylic acids is 1. The fourth-order valence-corrected chi connectivity index (χ4v) is 2.66. The average Bonchev–Trinajstić information content (AvgIpc) is 2.46. The van der Waals surface area contributed by atoms with E-state index in [0.717, 1.165) is 17.7 Å². The average molecular weight is 277 g/mol. The van der Waals surface area contributed by atoms with E-state index in [1.807, 2.05) is 43.0 Å². The summed E-state index contributed by atoms with van der Waals surface area (Å²) in [7, 11) is 0. The number of fused-ring (bicyclic) bond motifs is 1. The lowest BCUT2D eigenvalue weighted by Crippen LogP contribution is -2.42. The summed E-state index contributed by atoms with van der Waals surface area (Å²) in [4.78, 5) is 14.7. The molecule has 1 atom stereocenters. The number of amides is 1. The molecule has 1 aliphatic rings. The van der Waals surface area contributed by atoms with E-state index in [2.05, 4.69) is 0 Å². The van der Waals surface area contributed by atoms with E-state index in [9.17, 15) is 4.79 Å². The number of benzene rings is 1. The first-order valence-electron chi connectivity index (χ1n) is 7.28. The van der Waals surface area contributed by atoms with Crippen LogP contribution in [0.15, 0.2) is 24.3 Å². The van der Waals surface area contributed by atoms with Gasteiger partial charge in [-0.15, -0.1) is 0 Å². The number of ether oxygens (including phenoxy) is 1. The first-order chi connectivity index (χ1) is 9.65. The molecule has 0 spiro atoms. The van der Waals surface area contributed by atoms with E-state index in [1.54, 1.807) is 0 Å². The Morgan fingerprint density at radius 1 is 1.45 bits per heavy atom. The highest BCUT2D eigenvalue weighted by atomic mass is 16.5. The number of nitrogens with zero attached hydrogens (tertiary/aromatic N) is 1. The van der Waals surface area contributed by atoms with Gasteiger partial charge in [-0.1, -0.05) is 18.2 Å². The predicted molar refractivity (Wildman–Crippen MR) is 77.8 cm³/mol. The largest absolute Gasteiger partial charge is 0.493 e. The summed E-state index contributed by atoms with van der Waals surface area (Å²) in [6, 6.07) is 7.91. The zero-order chi connectivity index (χ0) is 14.5. The number of aliphatic hydroxyl groups excluding tert-OH is 1. The summed E-state index contributed by atoms with van der Waals surface area (Å²) >= 11 is 0. The van der Waals surface area contributed by atoms with Crippen LogP contribution in [0.4, 0.5) is 0 Å². The molecule has 4 nitrogen and oxygen atoms in total. The molecule has 4 heteroatoms. The van der Waals surface area contributed by atoms with Gasteiger partial charge in [-0.25, -0.2) is 0 Å². The van der Waals surface area contributed by atoms with Gasteiger partial charge in [-0.2, -0.15) is 0 Å². The Morgan fingerprint density at radius 2 is 2.20 bits per heavy atom. The van der Waals surface area contributed by atoms with Crippen molar-refractivity contribution in [2.75, 3.05) is 19.8 Å². The lowest BCUT2D eigenvalue weighted by Gasteiger charge is -2.33. The van der Waals surface area contributed by atoms with Gasteiger partial charge in [0.25, 0.3) is 0 Å². The summed E-state index contributed by atoms with van der Waals surface area (Å²) < 4.78 is 5.61. The molecule has 1 N–H and O–H groups in total. The third-order valence-corrected chi connectivity index (χ3v) is 3.72. The highest BCUT2D eigenvalue weighted by molar-refractivity contribution is 5.85. The van der Waals surface area contributed by atoms with Crippen LogP contribution in [-0.4, -0.2) is 41.7 Å². The van der Waals surface area contributed by atoms with Gasteiger partial charge in [0.2, 0.25) is 5.91 Å². The first-order valence-corrected chi connectivity index (χ1v) is 7.28. The molecule has 0 bridgehead atoms. The maximum Gasteiger partial charge on any atom is 0.230 e. The normalized spacial score (nSPS) is 17.5. The van der Waals surface area contributed by atoms with Crippen LogP contribution in [0.5, 0.6) is 5.75 Å². The van der Waals surface area contributed by atoms with Crippen LogP contribution < -0.4 is 4.74 Å². The van der Waals surface area contributed by atoms with Crippen LogP contribution in [0, 0.1) is 0 Å². The lowest BCUT2D eigenvalue weighted by atomic mass is 9.91. The third-order valence-electron chi connectivity index (χ3n) is 3.72. The summed E-state index contributed by atoms with van der Waals surface area (Å²) in [5, 5.41) is 8.99. The molecule has 1 aromatic rings. The standard InChI is InChI=1S/C16H23NO3/c1-12(2)17(9-5-10-18)16(19)14-8-11-20-15-7-4-3-6-13(14)15/h3-4,6-7,12,14,18H,5,8-11H2,1-2H3. The molecule has 110 valence electrons. The second-order valence-electron chi connectivity index (χ2n) is 5.43. The van der Waals surface area contributed by atoms with Gasteiger partial charge in [0, 0.05) is 24.8 Å². The molecule has 1 heterocycles. The molecule has 1 aromatic carbocycles. The Morgan fingerprint density at radius 3 is 2.90 bits per heavy atom. The van der Waals surface area contributed by atoms with Gasteiger partial charge in [-0.05, 0) is 32.8 Å². The second-order valence-corrected chi connectivity index (χ2v) is 5.43. The van der Waals surface area contributed by atoms with Crippen molar-refractivity contribution < 1.29 is 14.6 Å². The second kappa shape index (κ2) is 6.75. The molecule has 0 radical (unpaired) electrons. The van der Waals surface area contributed by atoms with Crippen molar-refractivity contribution in [2.24, 2.45) is 0 Å². The van der Waals surface area contributed by atoms with E-state index >= 15 is 0 Å². The molecular weight excluding hydrogens is 254 g/mol. The van der Waals surface area contributed by atoms with Crippen molar-refractivity contribution >= 4 is 5.91 Å². The molecule has 1 aliphatic heterocycles. The minimum Gasteiger partial charge on any atom is -0.493 e. The fourth-order valence-electron chi connectivity index (χ4n) is 2.66. The Bertz CT molecular complexity index is 459. The number of rotatable bonds is 5. The quantitative estimate of drug-likeness (QED) is 0.897. The van der Waals surface area contributed by atoms with Crippen molar-refractivity contribution in [3.63, 3.8) is 0 Å². The van der Waals surface area contributed by atoms with Gasteiger partial charge in [0.1, 0.15) is 5.75 Å². The van der Waals surface area contributed by atoms with Crippen LogP contribution in [-0.2, 0) is 4.79 Å². The molecule has 1 unspecified atom stereocenters. The Hall–Kier alpha value is -1.55. The fraction of sp³-hybridized carbons (Fsp3) is 0.562. The van der Waals surface area contributed by atoms with Crippen molar-refractivity contribution in [1.82, 2.24) is 4.90 Å². The highest BCUT2D eigenvalue weighted by Gasteiger charge is 2.31. The van der Waals surface area contributed by atoms with Gasteiger partial charge < -0.3 is 14.7 Å². The minimum absolute atomic E-state index is 0.112. The lowest BCUT2D eigenvalue weighted by molar-refractivity contribution is -0.135. The first kappa shape index (κ1) is 14.9. The molecule has 0 aliphatic carbocycles. The zero-order valence-electron chi connectivity index (χ0n) is 12.2. The Balaban J connectivity index is 2.20. The molecular formula is C16H23NO3. The monoisotopic (exact) mass is 277 g/mol. The Labute approximate surface area is 120 Å². The van der Waals surface area contributed by atoms with E-state index in [1.165, 1.54) is 0 Å². The van der Waals surface area contributed by atoms with E-state index in [0.29, 0.717) is 19.6 Å².